The van der Waals surface area contributed by atoms with Gasteiger partial charge in [-0.3, -0.25) is 4.99 Å². The molecule has 0 saturated carbocycles. The average Bonchev–Trinajstić information content (AvgIpc) is 2.56. The fourth-order valence-electron chi connectivity index (χ4n) is 2.11. The van der Waals surface area contributed by atoms with Gasteiger partial charge in [-0.15, -0.1) is 0 Å². The van der Waals surface area contributed by atoms with E-state index in [1.54, 1.807) is 0 Å². The predicted octanol–water partition coefficient (Wildman–Crippen LogP) is 2.74. The SMILES string of the molecule is CCCCN=C(N)NP(=S)(c1ccccc1)c1ccccc1. The Kier molecular flexibility index (Phi) is 6.17. The van der Waals surface area contributed by atoms with Crippen molar-refractivity contribution < 1.29 is 0 Å². The van der Waals surface area contributed by atoms with Crippen LogP contribution in [0.15, 0.2) is 65.7 Å². The number of guanidine groups is 1. The Morgan fingerprint density at radius 1 is 1.05 bits per heavy atom. The van der Waals surface area contributed by atoms with Gasteiger partial charge in [0.2, 0.25) is 0 Å². The van der Waals surface area contributed by atoms with E-state index in [1.807, 2.05) is 36.4 Å². The van der Waals surface area contributed by atoms with Gasteiger partial charge in [-0.2, -0.15) is 0 Å². The number of unbranched alkanes of at least 4 members (excludes halogenated alkanes) is 1. The molecule has 0 amide bonds. The molecule has 116 valence electrons. The second kappa shape index (κ2) is 8.11. The summed E-state index contributed by atoms with van der Waals surface area (Å²) in [6.45, 7) is 2.87. The van der Waals surface area contributed by atoms with Gasteiger partial charge in [0.1, 0.15) is 0 Å². The first kappa shape index (κ1) is 16.7. The lowest BCUT2D eigenvalue weighted by atomic mass is 10.3. The number of rotatable bonds is 6. The van der Waals surface area contributed by atoms with Crippen LogP contribution in [0.2, 0.25) is 0 Å². The zero-order valence-electron chi connectivity index (χ0n) is 12.8. The molecule has 0 aliphatic carbocycles. The fraction of sp³-hybridized carbons (Fsp3) is 0.235. The largest absolute Gasteiger partial charge is 0.370 e. The van der Waals surface area contributed by atoms with Gasteiger partial charge in [-0.05, 0) is 6.42 Å². The normalized spacial score (nSPS) is 12.1. The summed E-state index contributed by atoms with van der Waals surface area (Å²) < 4.78 is 0. The Hall–Kier alpha value is -1.64. The molecule has 2 rings (SSSR count). The Bertz CT molecular complexity index is 613. The molecular formula is C17H22N3PS. The van der Waals surface area contributed by atoms with Crippen molar-refractivity contribution in [2.75, 3.05) is 6.54 Å². The average molecular weight is 331 g/mol. The maximum absolute atomic E-state index is 6.08. The van der Waals surface area contributed by atoms with Gasteiger partial charge in [0.25, 0.3) is 0 Å². The van der Waals surface area contributed by atoms with Crippen LogP contribution in [0.3, 0.4) is 0 Å². The van der Waals surface area contributed by atoms with Crippen molar-refractivity contribution in [1.29, 1.82) is 0 Å². The van der Waals surface area contributed by atoms with Crippen LogP contribution in [0, 0.1) is 0 Å². The molecule has 2 aromatic rings. The molecule has 0 aromatic heterocycles. The van der Waals surface area contributed by atoms with E-state index in [9.17, 15) is 0 Å². The lowest BCUT2D eigenvalue weighted by Crippen LogP contribution is -2.36. The molecule has 2 aromatic carbocycles. The molecule has 0 aliphatic heterocycles. The van der Waals surface area contributed by atoms with Crippen LogP contribution in [-0.2, 0) is 11.8 Å². The number of hydrogen-bond donors (Lipinski definition) is 2. The molecule has 5 heteroatoms. The van der Waals surface area contributed by atoms with Gasteiger partial charge in [-0.1, -0.05) is 85.8 Å². The summed E-state index contributed by atoms with van der Waals surface area (Å²) in [5, 5.41) is 5.51. The highest BCUT2D eigenvalue weighted by Gasteiger charge is 2.22. The second-order valence-corrected chi connectivity index (χ2v) is 9.13. The zero-order chi connectivity index (χ0) is 15.8. The summed E-state index contributed by atoms with van der Waals surface area (Å²) in [5.41, 5.74) is 6.08. The molecule has 0 unspecified atom stereocenters. The topological polar surface area (TPSA) is 50.4 Å². The number of nitrogens with one attached hydrogen (secondary N) is 1. The number of aliphatic imine (C=N–C) groups is 1. The van der Waals surface area contributed by atoms with E-state index in [1.165, 1.54) is 0 Å². The van der Waals surface area contributed by atoms with Gasteiger partial charge in [0, 0.05) is 17.2 Å². The summed E-state index contributed by atoms with van der Waals surface area (Å²) in [4.78, 5) is 4.39. The minimum atomic E-state index is -2.20. The fourth-order valence-corrected chi connectivity index (χ4v) is 5.25. The molecule has 0 atom stereocenters. The zero-order valence-corrected chi connectivity index (χ0v) is 14.5. The van der Waals surface area contributed by atoms with E-state index in [-0.39, 0.29) is 0 Å². The molecule has 3 N–H and O–H groups in total. The van der Waals surface area contributed by atoms with Gasteiger partial charge in [-0.25, -0.2) is 0 Å². The van der Waals surface area contributed by atoms with Crippen LogP contribution >= 0.6 is 6.19 Å². The molecule has 22 heavy (non-hydrogen) atoms. The van der Waals surface area contributed by atoms with Gasteiger partial charge < -0.3 is 10.8 Å². The Morgan fingerprint density at radius 3 is 2.00 bits per heavy atom. The van der Waals surface area contributed by atoms with Crippen LogP contribution in [0.5, 0.6) is 0 Å². The van der Waals surface area contributed by atoms with Crippen LogP contribution in [0.25, 0.3) is 0 Å². The lowest BCUT2D eigenvalue weighted by molar-refractivity contribution is 0.805. The van der Waals surface area contributed by atoms with Crippen molar-refractivity contribution in [3.63, 3.8) is 0 Å². The maximum atomic E-state index is 6.08. The first-order valence-corrected chi connectivity index (χ1v) is 10.3. The number of nitrogens with zero attached hydrogens (tertiary/aromatic N) is 1. The molecule has 0 bridgehead atoms. The molecular weight excluding hydrogens is 309 g/mol. The lowest BCUT2D eigenvalue weighted by Gasteiger charge is -2.25. The summed E-state index contributed by atoms with van der Waals surface area (Å²) in [6, 6.07) is 20.2. The van der Waals surface area contributed by atoms with Crippen molar-refractivity contribution >= 4 is 34.6 Å². The third-order valence-electron chi connectivity index (χ3n) is 3.31. The Morgan fingerprint density at radius 2 is 1.55 bits per heavy atom. The number of hydrogen-bond acceptors (Lipinski definition) is 2. The first-order chi connectivity index (χ1) is 10.7. The summed E-state index contributed by atoms with van der Waals surface area (Å²) in [5.74, 6) is 0.435. The molecule has 0 radical (unpaired) electrons. The van der Waals surface area contributed by atoms with Crippen LogP contribution in [0.1, 0.15) is 19.8 Å². The summed E-state index contributed by atoms with van der Waals surface area (Å²) in [7, 11) is 0. The van der Waals surface area contributed by atoms with E-state index in [0.717, 1.165) is 30.0 Å². The van der Waals surface area contributed by atoms with E-state index >= 15 is 0 Å². The smallest absolute Gasteiger partial charge is 0.192 e. The number of benzene rings is 2. The van der Waals surface area contributed by atoms with E-state index in [2.05, 4.69) is 41.3 Å². The molecule has 0 aliphatic rings. The number of nitrogens with two attached hydrogens (primary N) is 1. The molecule has 0 heterocycles. The van der Waals surface area contributed by atoms with E-state index in [0.29, 0.717) is 5.96 Å². The molecule has 3 nitrogen and oxygen atoms in total. The standard InChI is InChI=1S/C17H22N3PS/c1-2-3-14-19-17(18)20-21(22,15-10-6-4-7-11-15)16-12-8-5-9-13-16/h4-13H,2-3,14H2,1H3,(H3,18,19,20,22). The minimum absolute atomic E-state index is 0.435. The highest BCUT2D eigenvalue weighted by atomic mass is 32.4. The predicted molar refractivity (Wildman–Crippen MR) is 101 cm³/mol. The van der Waals surface area contributed by atoms with Gasteiger partial charge >= 0.3 is 0 Å². The third-order valence-corrected chi connectivity index (χ3v) is 7.44. The summed E-state index contributed by atoms with van der Waals surface area (Å²) >= 11 is 6.03. The van der Waals surface area contributed by atoms with Crippen molar-refractivity contribution in [2.45, 2.75) is 19.8 Å². The second-order valence-electron chi connectivity index (χ2n) is 5.01. The third kappa shape index (κ3) is 4.19. The summed E-state index contributed by atoms with van der Waals surface area (Å²) in [6.07, 6.45) is -0.0721. The van der Waals surface area contributed by atoms with Crippen LogP contribution < -0.4 is 21.4 Å². The highest BCUT2D eigenvalue weighted by Crippen LogP contribution is 2.38. The van der Waals surface area contributed by atoms with Gasteiger partial charge in [0.15, 0.2) is 5.96 Å². The highest BCUT2D eigenvalue weighted by molar-refractivity contribution is 8.21. The van der Waals surface area contributed by atoms with Gasteiger partial charge in [0.05, 0.1) is 6.19 Å². The Labute approximate surface area is 137 Å². The van der Waals surface area contributed by atoms with Crippen molar-refractivity contribution in [3.8, 4) is 0 Å². The van der Waals surface area contributed by atoms with E-state index < -0.39 is 6.19 Å². The van der Waals surface area contributed by atoms with Crippen LogP contribution in [-0.4, -0.2) is 12.5 Å². The van der Waals surface area contributed by atoms with E-state index in [4.69, 9.17) is 17.5 Å². The van der Waals surface area contributed by atoms with Crippen LogP contribution in [0.4, 0.5) is 0 Å². The van der Waals surface area contributed by atoms with Crippen molar-refractivity contribution in [1.82, 2.24) is 5.09 Å². The first-order valence-electron chi connectivity index (χ1n) is 7.46. The quantitative estimate of drug-likeness (QED) is 0.370. The van der Waals surface area contributed by atoms with Crippen molar-refractivity contribution in [2.24, 2.45) is 10.7 Å². The molecule has 0 saturated heterocycles. The maximum Gasteiger partial charge on any atom is 0.192 e. The minimum Gasteiger partial charge on any atom is -0.370 e. The molecule has 0 fully saturated rings. The van der Waals surface area contributed by atoms with Crippen molar-refractivity contribution in [3.05, 3.63) is 60.7 Å². The Balaban J connectivity index is 2.35. The monoisotopic (exact) mass is 331 g/mol. The molecule has 0 spiro atoms.